The fraction of sp³-hybridized carbons (Fsp3) is 0.308. The van der Waals surface area contributed by atoms with Gasteiger partial charge in [0.15, 0.2) is 0 Å². The van der Waals surface area contributed by atoms with Gasteiger partial charge in [-0.15, -0.1) is 0 Å². The highest BCUT2D eigenvalue weighted by molar-refractivity contribution is 9.10. The van der Waals surface area contributed by atoms with Gasteiger partial charge < -0.3 is 20.9 Å². The fourth-order valence-corrected chi connectivity index (χ4v) is 1.91. The summed E-state index contributed by atoms with van der Waals surface area (Å²) in [6, 6.07) is 3.33. The summed E-state index contributed by atoms with van der Waals surface area (Å²) in [5, 5.41) is 11.4. The number of aliphatic carboxylic acids is 1. The molecule has 1 aromatic rings. The Morgan fingerprint density at radius 3 is 2.62 bits per heavy atom. The van der Waals surface area contributed by atoms with Crippen LogP contribution in [0.2, 0.25) is 0 Å². The quantitative estimate of drug-likeness (QED) is 0.518. The van der Waals surface area contributed by atoms with Crippen LogP contribution in [-0.2, 0) is 14.3 Å². The van der Waals surface area contributed by atoms with Gasteiger partial charge in [0.1, 0.15) is 6.04 Å². The van der Waals surface area contributed by atoms with Crippen LogP contribution < -0.4 is 11.1 Å². The number of hydrogen-bond acceptors (Lipinski definition) is 5. The normalized spacial score (nSPS) is 11.5. The van der Waals surface area contributed by atoms with Crippen molar-refractivity contribution in [2.24, 2.45) is 0 Å². The summed E-state index contributed by atoms with van der Waals surface area (Å²) in [7, 11) is 1.21. The number of methoxy groups -OCH3 is 1. The fourth-order valence-electron chi connectivity index (χ4n) is 1.53. The largest absolute Gasteiger partial charge is 0.480 e. The van der Waals surface area contributed by atoms with Crippen LogP contribution in [0.5, 0.6) is 0 Å². The first-order valence-electron chi connectivity index (χ1n) is 6.00. The van der Waals surface area contributed by atoms with E-state index in [1.165, 1.54) is 25.3 Å². The van der Waals surface area contributed by atoms with Crippen molar-refractivity contribution in [1.82, 2.24) is 5.32 Å². The molecule has 1 aromatic carbocycles. The standard InChI is InChI=1S/C13H15BrN2O5/c1-21-11(17)5-4-10(13(19)20)16-12(18)7-2-3-9(15)8(14)6-7/h2-3,6,10H,4-5,15H2,1H3,(H,16,18)(H,19,20). The number of carboxylic acids is 1. The zero-order valence-electron chi connectivity index (χ0n) is 11.3. The Morgan fingerprint density at radius 1 is 1.43 bits per heavy atom. The maximum atomic E-state index is 12.0. The minimum absolute atomic E-state index is 0.0517. The molecule has 0 saturated heterocycles. The van der Waals surface area contributed by atoms with E-state index >= 15 is 0 Å². The van der Waals surface area contributed by atoms with Crippen molar-refractivity contribution in [2.45, 2.75) is 18.9 Å². The summed E-state index contributed by atoms with van der Waals surface area (Å²) in [5.74, 6) is -2.32. The monoisotopic (exact) mass is 358 g/mol. The van der Waals surface area contributed by atoms with Crippen LogP contribution in [0.3, 0.4) is 0 Å². The maximum Gasteiger partial charge on any atom is 0.326 e. The average Bonchev–Trinajstić information content (AvgIpc) is 2.45. The van der Waals surface area contributed by atoms with Gasteiger partial charge in [0.2, 0.25) is 0 Å². The number of carbonyl (C=O) groups is 3. The first kappa shape index (κ1) is 17.0. The summed E-state index contributed by atoms with van der Waals surface area (Å²) in [5.41, 5.74) is 6.34. The zero-order valence-corrected chi connectivity index (χ0v) is 12.8. The lowest BCUT2D eigenvalue weighted by Gasteiger charge is -2.14. The zero-order chi connectivity index (χ0) is 16.0. The third kappa shape index (κ3) is 5.07. The van der Waals surface area contributed by atoms with E-state index in [-0.39, 0.29) is 18.4 Å². The summed E-state index contributed by atoms with van der Waals surface area (Å²) >= 11 is 3.19. The average molecular weight is 359 g/mol. The molecule has 0 aliphatic carbocycles. The van der Waals surface area contributed by atoms with E-state index in [1.807, 2.05) is 0 Å². The highest BCUT2D eigenvalue weighted by Gasteiger charge is 2.22. The third-order valence-corrected chi connectivity index (χ3v) is 3.42. The number of carboxylic acid groups (broad SMARTS) is 1. The molecular weight excluding hydrogens is 344 g/mol. The molecule has 1 rings (SSSR count). The number of esters is 1. The highest BCUT2D eigenvalue weighted by Crippen LogP contribution is 2.20. The van der Waals surface area contributed by atoms with Crippen LogP contribution in [0.1, 0.15) is 23.2 Å². The van der Waals surface area contributed by atoms with E-state index in [0.717, 1.165) is 0 Å². The minimum Gasteiger partial charge on any atom is -0.480 e. The van der Waals surface area contributed by atoms with Crippen molar-refractivity contribution < 1.29 is 24.2 Å². The number of amides is 1. The van der Waals surface area contributed by atoms with Crippen molar-refractivity contribution in [3.63, 3.8) is 0 Å². The third-order valence-electron chi connectivity index (χ3n) is 2.73. The number of anilines is 1. The number of carbonyl (C=O) groups excluding carboxylic acids is 2. The number of nitrogens with one attached hydrogen (secondary N) is 1. The number of ether oxygens (including phenoxy) is 1. The van der Waals surface area contributed by atoms with E-state index in [1.54, 1.807) is 0 Å². The molecule has 0 spiro atoms. The topological polar surface area (TPSA) is 119 Å². The van der Waals surface area contributed by atoms with Gasteiger partial charge in [-0.2, -0.15) is 0 Å². The second kappa shape index (κ2) is 7.63. The second-order valence-electron chi connectivity index (χ2n) is 4.22. The SMILES string of the molecule is COC(=O)CCC(NC(=O)c1ccc(N)c(Br)c1)C(=O)O. The molecule has 0 heterocycles. The van der Waals surface area contributed by atoms with E-state index in [2.05, 4.69) is 26.0 Å². The van der Waals surface area contributed by atoms with Gasteiger partial charge in [0.05, 0.1) is 7.11 Å². The molecular formula is C13H15BrN2O5. The molecule has 21 heavy (non-hydrogen) atoms. The highest BCUT2D eigenvalue weighted by atomic mass is 79.9. The molecule has 1 amide bonds. The Bertz CT molecular complexity index is 561. The predicted octanol–water partition coefficient (Wildman–Crippen LogP) is 1.17. The van der Waals surface area contributed by atoms with Crippen molar-refractivity contribution in [3.05, 3.63) is 28.2 Å². The van der Waals surface area contributed by atoms with Gasteiger partial charge in [-0.25, -0.2) is 4.79 Å². The molecule has 0 aromatic heterocycles. The molecule has 1 unspecified atom stereocenters. The van der Waals surface area contributed by atoms with Gasteiger partial charge in [-0.05, 0) is 40.5 Å². The van der Waals surface area contributed by atoms with E-state index in [4.69, 9.17) is 10.8 Å². The molecule has 8 heteroatoms. The molecule has 7 nitrogen and oxygen atoms in total. The van der Waals surface area contributed by atoms with Crippen LogP contribution in [0, 0.1) is 0 Å². The number of nitrogen functional groups attached to an aromatic ring is 1. The molecule has 0 bridgehead atoms. The molecule has 0 saturated carbocycles. The first-order chi connectivity index (χ1) is 9.85. The van der Waals surface area contributed by atoms with E-state index in [0.29, 0.717) is 10.2 Å². The van der Waals surface area contributed by atoms with Gasteiger partial charge in [-0.3, -0.25) is 9.59 Å². The lowest BCUT2D eigenvalue weighted by Crippen LogP contribution is -2.41. The first-order valence-corrected chi connectivity index (χ1v) is 6.80. The van der Waals surface area contributed by atoms with Crippen LogP contribution in [0.4, 0.5) is 5.69 Å². The van der Waals surface area contributed by atoms with Crippen molar-refractivity contribution >= 4 is 39.5 Å². The Hall–Kier alpha value is -2.09. The summed E-state index contributed by atoms with van der Waals surface area (Å²) in [6.45, 7) is 0. The minimum atomic E-state index is -1.22. The number of hydrogen-bond donors (Lipinski definition) is 3. The van der Waals surface area contributed by atoms with Crippen LogP contribution in [0.25, 0.3) is 0 Å². The van der Waals surface area contributed by atoms with Gasteiger partial charge in [0, 0.05) is 22.1 Å². The molecule has 0 radical (unpaired) electrons. The molecule has 0 aliphatic rings. The van der Waals surface area contributed by atoms with Crippen molar-refractivity contribution in [3.8, 4) is 0 Å². The van der Waals surface area contributed by atoms with E-state index in [9.17, 15) is 14.4 Å². The lowest BCUT2D eigenvalue weighted by atomic mass is 10.1. The molecule has 0 aliphatic heterocycles. The summed E-state index contributed by atoms with van der Waals surface area (Å²) in [4.78, 5) is 34.1. The van der Waals surface area contributed by atoms with Crippen molar-refractivity contribution in [2.75, 3.05) is 12.8 Å². The Labute approximate surface area is 129 Å². The molecule has 114 valence electrons. The predicted molar refractivity (Wildman–Crippen MR) is 78.7 cm³/mol. The van der Waals surface area contributed by atoms with Crippen molar-refractivity contribution in [1.29, 1.82) is 0 Å². The Balaban J connectivity index is 2.74. The number of rotatable bonds is 6. The molecule has 1 atom stereocenters. The van der Waals surface area contributed by atoms with Gasteiger partial charge >= 0.3 is 11.9 Å². The number of benzene rings is 1. The number of halogens is 1. The Morgan fingerprint density at radius 2 is 2.10 bits per heavy atom. The van der Waals surface area contributed by atoms with Crippen LogP contribution in [-0.4, -0.2) is 36.1 Å². The van der Waals surface area contributed by atoms with Crippen LogP contribution >= 0.6 is 15.9 Å². The number of nitrogens with two attached hydrogens (primary N) is 1. The maximum absolute atomic E-state index is 12.0. The molecule has 0 fully saturated rings. The van der Waals surface area contributed by atoms with Crippen LogP contribution in [0.15, 0.2) is 22.7 Å². The Kier molecular flexibility index (Phi) is 6.16. The smallest absolute Gasteiger partial charge is 0.326 e. The summed E-state index contributed by atoms with van der Waals surface area (Å²) in [6.07, 6.45) is -0.150. The van der Waals surface area contributed by atoms with E-state index < -0.39 is 23.9 Å². The van der Waals surface area contributed by atoms with Gasteiger partial charge in [-0.1, -0.05) is 0 Å². The lowest BCUT2D eigenvalue weighted by molar-refractivity contribution is -0.142. The summed E-state index contributed by atoms with van der Waals surface area (Å²) < 4.78 is 4.97. The molecule has 4 N–H and O–H groups in total. The second-order valence-corrected chi connectivity index (χ2v) is 5.07. The van der Waals surface area contributed by atoms with Gasteiger partial charge in [0.25, 0.3) is 5.91 Å².